The molecule has 0 bridgehead atoms. The summed E-state index contributed by atoms with van der Waals surface area (Å²) in [5, 5.41) is 8.99. The lowest BCUT2D eigenvalue weighted by Crippen LogP contribution is -2.18. The molecule has 0 atom stereocenters. The predicted molar refractivity (Wildman–Crippen MR) is 109 cm³/mol. The van der Waals surface area contributed by atoms with E-state index in [9.17, 15) is 22.8 Å². The Kier molecular flexibility index (Phi) is 6.54. The second kappa shape index (κ2) is 9.13. The van der Waals surface area contributed by atoms with E-state index in [4.69, 9.17) is 0 Å². The van der Waals surface area contributed by atoms with Gasteiger partial charge >= 0.3 is 12.1 Å². The summed E-state index contributed by atoms with van der Waals surface area (Å²) in [6, 6.07) is 5.56. The van der Waals surface area contributed by atoms with Gasteiger partial charge in [-0.2, -0.15) is 18.3 Å². The number of anilines is 1. The third kappa shape index (κ3) is 5.37. The van der Waals surface area contributed by atoms with Gasteiger partial charge in [-0.15, -0.1) is 11.3 Å². The van der Waals surface area contributed by atoms with E-state index in [-0.39, 0.29) is 12.3 Å². The van der Waals surface area contributed by atoms with Crippen molar-refractivity contribution in [1.82, 2.24) is 14.8 Å². The van der Waals surface area contributed by atoms with Gasteiger partial charge < -0.3 is 10.1 Å². The maximum atomic E-state index is 13.6. The van der Waals surface area contributed by atoms with Gasteiger partial charge in [0.15, 0.2) is 5.69 Å². The number of aryl methyl sites for hydroxylation is 1. The molecule has 162 valence electrons. The number of benzene rings is 1. The summed E-state index contributed by atoms with van der Waals surface area (Å²) in [5.41, 5.74) is -0.810. The zero-order valence-electron chi connectivity index (χ0n) is 16.4. The van der Waals surface area contributed by atoms with E-state index < -0.39 is 29.3 Å². The number of rotatable bonds is 6. The van der Waals surface area contributed by atoms with Gasteiger partial charge in [0.2, 0.25) is 5.91 Å². The largest absolute Gasteiger partial charge is 0.462 e. The SMILES string of the molecule is CCOC(=O)c1cnn(-c2ccc(NC(=O)/C=C/c3csc(C)n3)cc2)c1C(F)(F)F. The van der Waals surface area contributed by atoms with Gasteiger partial charge in [-0.25, -0.2) is 14.5 Å². The number of nitrogens with zero attached hydrogens (tertiary/aromatic N) is 3. The molecule has 0 aliphatic heterocycles. The second-order valence-electron chi connectivity index (χ2n) is 6.20. The number of hydrogen-bond donors (Lipinski definition) is 1. The Balaban J connectivity index is 1.79. The van der Waals surface area contributed by atoms with Gasteiger partial charge in [0, 0.05) is 17.1 Å². The number of carbonyl (C=O) groups is 2. The van der Waals surface area contributed by atoms with Crippen molar-refractivity contribution in [2.45, 2.75) is 20.0 Å². The molecule has 3 aromatic rings. The van der Waals surface area contributed by atoms with Crippen LogP contribution in [0, 0.1) is 6.92 Å². The van der Waals surface area contributed by atoms with Gasteiger partial charge in [-0.1, -0.05) is 0 Å². The molecule has 2 aromatic heterocycles. The highest BCUT2D eigenvalue weighted by Gasteiger charge is 2.41. The monoisotopic (exact) mass is 450 g/mol. The fourth-order valence-corrected chi connectivity index (χ4v) is 3.24. The van der Waals surface area contributed by atoms with Crippen LogP contribution in [0.15, 0.2) is 41.9 Å². The van der Waals surface area contributed by atoms with Crippen molar-refractivity contribution < 1.29 is 27.5 Å². The van der Waals surface area contributed by atoms with Crippen LogP contribution in [0.1, 0.15) is 33.7 Å². The van der Waals surface area contributed by atoms with Crippen LogP contribution in [0.3, 0.4) is 0 Å². The van der Waals surface area contributed by atoms with Crippen LogP contribution in [0.4, 0.5) is 18.9 Å². The van der Waals surface area contributed by atoms with E-state index in [1.165, 1.54) is 48.6 Å². The van der Waals surface area contributed by atoms with Crippen LogP contribution in [-0.4, -0.2) is 33.2 Å². The van der Waals surface area contributed by atoms with Crippen molar-refractivity contribution in [3.05, 3.63) is 63.9 Å². The third-order valence-electron chi connectivity index (χ3n) is 3.95. The lowest BCUT2D eigenvalue weighted by molar-refractivity contribution is -0.143. The van der Waals surface area contributed by atoms with Crippen LogP contribution in [0.25, 0.3) is 11.8 Å². The first-order valence-corrected chi connectivity index (χ1v) is 9.91. The first-order chi connectivity index (χ1) is 14.7. The molecule has 1 aromatic carbocycles. The lowest BCUT2D eigenvalue weighted by Gasteiger charge is -2.13. The number of ether oxygens (including phenoxy) is 1. The molecule has 0 spiro atoms. The average molecular weight is 450 g/mol. The Morgan fingerprint density at radius 3 is 2.55 bits per heavy atom. The minimum Gasteiger partial charge on any atom is -0.462 e. The van der Waals surface area contributed by atoms with Crippen LogP contribution in [-0.2, 0) is 15.7 Å². The summed E-state index contributed by atoms with van der Waals surface area (Å²) in [6.07, 6.45) is -1.14. The highest BCUT2D eigenvalue weighted by atomic mass is 32.1. The van der Waals surface area contributed by atoms with E-state index in [2.05, 4.69) is 20.1 Å². The van der Waals surface area contributed by atoms with E-state index in [1.54, 1.807) is 11.5 Å². The number of hydrogen-bond acceptors (Lipinski definition) is 6. The predicted octanol–water partition coefficient (Wildman–Crippen LogP) is 4.48. The molecule has 31 heavy (non-hydrogen) atoms. The van der Waals surface area contributed by atoms with Gasteiger partial charge in [0.1, 0.15) is 5.56 Å². The summed E-state index contributed by atoms with van der Waals surface area (Å²) in [6.45, 7) is 3.28. The van der Waals surface area contributed by atoms with Gasteiger partial charge in [-0.3, -0.25) is 4.79 Å². The van der Waals surface area contributed by atoms with E-state index in [1.807, 2.05) is 6.92 Å². The summed E-state index contributed by atoms with van der Waals surface area (Å²) in [7, 11) is 0. The van der Waals surface area contributed by atoms with Gasteiger partial charge in [0.25, 0.3) is 0 Å². The molecule has 3 rings (SSSR count). The maximum Gasteiger partial charge on any atom is 0.434 e. The quantitative estimate of drug-likeness (QED) is 0.442. The zero-order valence-corrected chi connectivity index (χ0v) is 17.3. The molecule has 1 amide bonds. The number of carbonyl (C=O) groups excluding carboxylic acids is 2. The molecule has 0 saturated carbocycles. The summed E-state index contributed by atoms with van der Waals surface area (Å²) in [4.78, 5) is 28.1. The molecule has 2 heterocycles. The Labute approximate surface area is 179 Å². The number of nitrogens with one attached hydrogen (secondary N) is 1. The second-order valence-corrected chi connectivity index (χ2v) is 7.26. The van der Waals surface area contributed by atoms with Crippen molar-refractivity contribution in [2.24, 2.45) is 0 Å². The molecule has 0 fully saturated rings. The molecule has 1 N–H and O–H groups in total. The number of amides is 1. The molecular formula is C20H17F3N4O3S. The normalized spacial score (nSPS) is 11.6. The number of alkyl halides is 3. The Morgan fingerprint density at radius 2 is 1.97 bits per heavy atom. The Bertz CT molecular complexity index is 1120. The molecule has 0 unspecified atom stereocenters. The molecule has 11 heteroatoms. The summed E-state index contributed by atoms with van der Waals surface area (Å²) in [5.74, 6) is -1.52. The summed E-state index contributed by atoms with van der Waals surface area (Å²) >= 11 is 1.46. The molecule has 0 aliphatic carbocycles. The topological polar surface area (TPSA) is 86.1 Å². The van der Waals surface area contributed by atoms with E-state index in [0.29, 0.717) is 16.1 Å². The first kappa shape index (κ1) is 22.2. The summed E-state index contributed by atoms with van der Waals surface area (Å²) < 4.78 is 46.0. The third-order valence-corrected chi connectivity index (χ3v) is 4.75. The fourth-order valence-electron chi connectivity index (χ4n) is 2.66. The van der Waals surface area contributed by atoms with E-state index in [0.717, 1.165) is 11.2 Å². The number of aromatic nitrogens is 3. The number of halogens is 3. The van der Waals surface area contributed by atoms with Crippen molar-refractivity contribution in [3.63, 3.8) is 0 Å². The molecule has 0 saturated heterocycles. The van der Waals surface area contributed by atoms with Gasteiger partial charge in [-0.05, 0) is 44.2 Å². The fraction of sp³-hybridized carbons (Fsp3) is 0.200. The highest BCUT2D eigenvalue weighted by Crippen LogP contribution is 2.34. The van der Waals surface area contributed by atoms with Crippen LogP contribution in [0.5, 0.6) is 0 Å². The van der Waals surface area contributed by atoms with Crippen molar-refractivity contribution in [3.8, 4) is 5.69 Å². The Morgan fingerprint density at radius 1 is 1.26 bits per heavy atom. The van der Waals surface area contributed by atoms with Crippen molar-refractivity contribution in [1.29, 1.82) is 0 Å². The molecule has 7 nitrogen and oxygen atoms in total. The molecule has 0 radical (unpaired) electrons. The molecule has 0 aliphatic rings. The number of esters is 1. The van der Waals surface area contributed by atoms with Crippen molar-refractivity contribution in [2.75, 3.05) is 11.9 Å². The average Bonchev–Trinajstić information content (AvgIpc) is 3.33. The number of thiazole rings is 1. The minimum atomic E-state index is -4.83. The van der Waals surface area contributed by atoms with Crippen LogP contribution in [0.2, 0.25) is 0 Å². The first-order valence-electron chi connectivity index (χ1n) is 9.03. The van der Waals surface area contributed by atoms with Crippen LogP contribution >= 0.6 is 11.3 Å². The minimum absolute atomic E-state index is 0.0633. The molecular weight excluding hydrogens is 433 g/mol. The lowest BCUT2D eigenvalue weighted by atomic mass is 10.2. The zero-order chi connectivity index (χ0) is 22.6. The highest BCUT2D eigenvalue weighted by molar-refractivity contribution is 7.09. The maximum absolute atomic E-state index is 13.6. The van der Waals surface area contributed by atoms with E-state index >= 15 is 0 Å². The van der Waals surface area contributed by atoms with Crippen LogP contribution < -0.4 is 5.32 Å². The van der Waals surface area contributed by atoms with Crippen molar-refractivity contribution >= 4 is 35.0 Å². The Hall–Kier alpha value is -3.47. The van der Waals surface area contributed by atoms with Gasteiger partial charge in [0.05, 0.1) is 29.2 Å². The standard InChI is InChI=1S/C20H17F3N4O3S/c1-3-30-19(29)16-10-24-27(18(16)20(21,22)23)15-7-4-13(5-8-15)26-17(28)9-6-14-11-31-12(2)25-14/h4-11H,3H2,1-2H3,(H,26,28)/b9-6+. The smallest absolute Gasteiger partial charge is 0.434 e.